The van der Waals surface area contributed by atoms with Gasteiger partial charge in [0.15, 0.2) is 17.5 Å². The highest BCUT2D eigenvalue weighted by atomic mass is 16.3. The van der Waals surface area contributed by atoms with Crippen LogP contribution in [0.4, 0.5) is 0 Å². The molecule has 0 amide bonds. The molecule has 0 atom stereocenters. The lowest BCUT2D eigenvalue weighted by atomic mass is 9.48. The quantitative estimate of drug-likeness (QED) is 0.180. The first-order chi connectivity index (χ1) is 26.1. The third kappa shape index (κ3) is 5.08. The van der Waals surface area contributed by atoms with Gasteiger partial charge >= 0.3 is 0 Å². The topological polar surface area (TPSA) is 75.6 Å². The van der Waals surface area contributed by atoms with E-state index >= 15 is 0 Å². The van der Waals surface area contributed by atoms with Gasteiger partial charge in [-0.05, 0) is 126 Å². The third-order valence-electron chi connectivity index (χ3n) is 12.5. The van der Waals surface area contributed by atoms with Gasteiger partial charge in [0, 0.05) is 27.5 Å². The minimum Gasteiger partial charge on any atom is -0.456 e. The molecule has 4 aliphatic rings. The highest BCUT2D eigenvalue weighted by molar-refractivity contribution is 6.06. The summed E-state index contributed by atoms with van der Waals surface area (Å²) in [5.74, 6) is 4.70. The van der Waals surface area contributed by atoms with Crippen molar-refractivity contribution in [3.63, 3.8) is 0 Å². The Hall–Kier alpha value is -6.12. The first-order valence-electron chi connectivity index (χ1n) is 18.9. The van der Waals surface area contributed by atoms with Crippen molar-refractivity contribution >= 4 is 32.7 Å². The normalized spacial score (nSPS) is 21.8. The van der Waals surface area contributed by atoms with Crippen molar-refractivity contribution in [2.24, 2.45) is 17.8 Å². The molecule has 4 aliphatic carbocycles. The lowest BCUT2D eigenvalue weighted by Gasteiger charge is -2.57. The van der Waals surface area contributed by atoms with E-state index in [0.29, 0.717) is 28.5 Å². The van der Waals surface area contributed by atoms with Gasteiger partial charge in [-0.3, -0.25) is 0 Å². The second-order valence-electron chi connectivity index (χ2n) is 15.8. The van der Waals surface area contributed by atoms with Crippen LogP contribution in [0.3, 0.4) is 0 Å². The van der Waals surface area contributed by atoms with E-state index in [2.05, 4.69) is 109 Å². The molecule has 53 heavy (non-hydrogen) atoms. The number of furan rings is 1. The smallest absolute Gasteiger partial charge is 0.164 e. The molecule has 0 N–H and O–H groups in total. The summed E-state index contributed by atoms with van der Waals surface area (Å²) in [5, 5.41) is 13.7. The molecule has 2 heterocycles. The summed E-state index contributed by atoms with van der Waals surface area (Å²) in [6.45, 7) is 0. The Bertz CT molecular complexity index is 2750. The van der Waals surface area contributed by atoms with E-state index in [1.807, 2.05) is 18.2 Å². The van der Waals surface area contributed by atoms with Crippen LogP contribution in [0.25, 0.3) is 78.0 Å². The fourth-order valence-corrected chi connectivity index (χ4v) is 10.5. The maximum absolute atomic E-state index is 9.53. The number of hydrogen-bond donors (Lipinski definition) is 0. The Morgan fingerprint density at radius 2 is 1.13 bits per heavy atom. The van der Waals surface area contributed by atoms with Crippen molar-refractivity contribution in [1.82, 2.24) is 15.0 Å². The maximum Gasteiger partial charge on any atom is 0.164 e. The van der Waals surface area contributed by atoms with E-state index in [1.165, 1.54) is 44.1 Å². The molecule has 0 saturated heterocycles. The van der Waals surface area contributed by atoms with Gasteiger partial charge in [0.25, 0.3) is 0 Å². The Morgan fingerprint density at radius 1 is 0.528 bits per heavy atom. The number of hydrogen-bond acceptors (Lipinski definition) is 5. The zero-order valence-corrected chi connectivity index (χ0v) is 29.3. The number of nitrogens with zero attached hydrogens (tertiary/aromatic N) is 4. The van der Waals surface area contributed by atoms with Gasteiger partial charge in [-0.2, -0.15) is 5.26 Å². The minimum absolute atomic E-state index is 0.343. The second kappa shape index (κ2) is 11.7. The molecule has 0 radical (unpaired) electrons. The predicted molar refractivity (Wildman–Crippen MR) is 211 cm³/mol. The summed E-state index contributed by atoms with van der Waals surface area (Å²) < 4.78 is 6.11. The molecule has 6 aromatic carbocycles. The summed E-state index contributed by atoms with van der Waals surface area (Å²) in [6, 6.07) is 46.5. The molecule has 4 fully saturated rings. The molecule has 5 heteroatoms. The van der Waals surface area contributed by atoms with Crippen molar-refractivity contribution in [1.29, 1.82) is 5.26 Å². The fraction of sp³-hybridized carbons (Fsp3) is 0.208. The van der Waals surface area contributed by atoms with Crippen LogP contribution in [0.15, 0.2) is 132 Å². The minimum atomic E-state index is 0.343. The average Bonchev–Trinajstić information content (AvgIpc) is 3.57. The third-order valence-corrected chi connectivity index (χ3v) is 12.5. The van der Waals surface area contributed by atoms with Crippen LogP contribution in [-0.4, -0.2) is 15.0 Å². The molecule has 5 nitrogen and oxygen atoms in total. The Kier molecular flexibility index (Phi) is 6.73. The van der Waals surface area contributed by atoms with Crippen molar-refractivity contribution < 1.29 is 4.42 Å². The van der Waals surface area contributed by atoms with Gasteiger partial charge in [-0.15, -0.1) is 0 Å². The van der Waals surface area contributed by atoms with E-state index in [0.717, 1.165) is 78.3 Å². The predicted octanol–water partition coefficient (Wildman–Crippen LogP) is 11.9. The fourth-order valence-electron chi connectivity index (χ4n) is 10.5. The van der Waals surface area contributed by atoms with Crippen LogP contribution in [0, 0.1) is 29.1 Å². The first-order valence-corrected chi connectivity index (χ1v) is 18.9. The monoisotopic (exact) mass is 684 g/mol. The number of rotatable bonds is 5. The lowest BCUT2D eigenvalue weighted by molar-refractivity contribution is -0.00518. The van der Waals surface area contributed by atoms with E-state index in [-0.39, 0.29) is 0 Å². The average molecular weight is 685 g/mol. The Balaban J connectivity index is 1.02. The van der Waals surface area contributed by atoms with Gasteiger partial charge in [0.1, 0.15) is 11.2 Å². The van der Waals surface area contributed by atoms with Gasteiger partial charge in [0.05, 0.1) is 11.6 Å². The highest BCUT2D eigenvalue weighted by Gasteiger charge is 2.51. The molecule has 2 aromatic heterocycles. The summed E-state index contributed by atoms with van der Waals surface area (Å²) in [5.41, 5.74) is 9.04. The van der Waals surface area contributed by atoms with E-state index < -0.39 is 0 Å². The van der Waals surface area contributed by atoms with Gasteiger partial charge in [-0.25, -0.2) is 15.0 Å². The molecule has 0 spiro atoms. The highest BCUT2D eigenvalue weighted by Crippen LogP contribution is 2.60. The Morgan fingerprint density at radius 3 is 1.91 bits per heavy atom. The Labute approximate surface area is 308 Å². The van der Waals surface area contributed by atoms with Crippen LogP contribution in [0.5, 0.6) is 0 Å². The maximum atomic E-state index is 9.53. The molecule has 12 rings (SSSR count). The standard InChI is InChI=1S/C48H36N4O/c49-28-29-11-17-43-41(22-29)42-24-36(14-18-44(42)53-43)35-7-3-8-37(23-35)46-50-45(51-47(52-46)40-10-4-6-33-5-1-2-9-39(33)40)34-12-15-38(16-13-34)48-25-30-19-31(26-48)21-32(20-30)27-48/h1-18,22-24,30-32H,19-21,25-27H2/t30-,31-,32-,48?. The summed E-state index contributed by atoms with van der Waals surface area (Å²) in [6.07, 6.45) is 8.38. The second-order valence-corrected chi connectivity index (χ2v) is 15.8. The lowest BCUT2D eigenvalue weighted by Crippen LogP contribution is -2.48. The molecule has 4 bridgehead atoms. The number of aromatic nitrogens is 3. The molecule has 254 valence electrons. The zero-order valence-electron chi connectivity index (χ0n) is 29.3. The summed E-state index contributed by atoms with van der Waals surface area (Å²) >= 11 is 0. The summed E-state index contributed by atoms with van der Waals surface area (Å²) in [4.78, 5) is 15.5. The number of fused-ring (bicyclic) bond motifs is 4. The molecule has 8 aromatic rings. The largest absolute Gasteiger partial charge is 0.456 e. The van der Waals surface area contributed by atoms with Crippen LogP contribution in [0.2, 0.25) is 0 Å². The zero-order chi connectivity index (χ0) is 35.1. The van der Waals surface area contributed by atoms with Crippen molar-refractivity contribution in [2.75, 3.05) is 0 Å². The molecule has 0 unspecified atom stereocenters. The van der Waals surface area contributed by atoms with Crippen LogP contribution < -0.4 is 0 Å². The molecule has 4 saturated carbocycles. The van der Waals surface area contributed by atoms with Crippen LogP contribution in [-0.2, 0) is 5.41 Å². The van der Waals surface area contributed by atoms with Gasteiger partial charge < -0.3 is 4.42 Å². The van der Waals surface area contributed by atoms with E-state index in [1.54, 1.807) is 6.07 Å². The van der Waals surface area contributed by atoms with E-state index in [4.69, 9.17) is 19.4 Å². The van der Waals surface area contributed by atoms with Gasteiger partial charge in [-0.1, -0.05) is 91.0 Å². The molecule has 0 aliphatic heterocycles. The SMILES string of the molecule is N#Cc1ccc2oc3ccc(-c4cccc(-c5nc(-c6ccc(C78C[C@H]9C[C@H](C7)C[C@@H](C8)C9)cc6)nc(-c6cccc7ccccc67)n5)c4)cc3c2c1. The molecular weight excluding hydrogens is 649 g/mol. The summed E-state index contributed by atoms with van der Waals surface area (Å²) in [7, 11) is 0. The van der Waals surface area contributed by atoms with Crippen molar-refractivity contribution in [3.8, 4) is 51.4 Å². The van der Waals surface area contributed by atoms with Crippen LogP contribution in [0.1, 0.15) is 49.7 Å². The van der Waals surface area contributed by atoms with Crippen LogP contribution >= 0.6 is 0 Å². The molecular formula is C48H36N4O. The van der Waals surface area contributed by atoms with E-state index in [9.17, 15) is 5.26 Å². The number of benzene rings is 6. The first kappa shape index (κ1) is 30.5. The number of nitriles is 1. The van der Waals surface area contributed by atoms with Gasteiger partial charge in [0.2, 0.25) is 0 Å². The van der Waals surface area contributed by atoms with Crippen molar-refractivity contribution in [3.05, 3.63) is 139 Å². The van der Waals surface area contributed by atoms with Crippen molar-refractivity contribution in [2.45, 2.75) is 43.9 Å².